The maximum Gasteiger partial charge on any atom is 0.335 e. The molecule has 2 fully saturated rings. The number of hydrogen-bond donors (Lipinski definition) is 1. The molecule has 3 aliphatic heterocycles. The van der Waals surface area contributed by atoms with E-state index in [1.54, 1.807) is 18.2 Å². The summed E-state index contributed by atoms with van der Waals surface area (Å²) in [6, 6.07) is 8.34. The molecule has 10 nitrogen and oxygen atoms in total. The first kappa shape index (κ1) is 23.0. The van der Waals surface area contributed by atoms with Gasteiger partial charge in [0, 0.05) is 30.8 Å². The zero-order valence-electron chi connectivity index (χ0n) is 19.9. The molecule has 1 spiro atoms. The van der Waals surface area contributed by atoms with Crippen molar-refractivity contribution < 1.29 is 24.0 Å². The molecule has 0 aromatic heterocycles. The number of rotatable bonds is 2. The summed E-state index contributed by atoms with van der Waals surface area (Å²) >= 11 is 0. The van der Waals surface area contributed by atoms with E-state index in [4.69, 9.17) is 4.74 Å². The lowest BCUT2D eigenvalue weighted by atomic mass is 9.66. The number of benzene rings is 2. The second kappa shape index (κ2) is 7.88. The molecule has 5 rings (SSSR count). The van der Waals surface area contributed by atoms with Crippen LogP contribution in [-0.2, 0) is 20.7 Å². The monoisotopic (exact) mass is 478 g/mol. The zero-order chi connectivity index (χ0) is 25.2. The van der Waals surface area contributed by atoms with E-state index in [0.29, 0.717) is 17.8 Å². The predicted molar refractivity (Wildman–Crippen MR) is 127 cm³/mol. The maximum atomic E-state index is 14.3. The van der Waals surface area contributed by atoms with Gasteiger partial charge < -0.3 is 9.64 Å². The van der Waals surface area contributed by atoms with E-state index in [0.717, 1.165) is 21.7 Å². The van der Waals surface area contributed by atoms with Gasteiger partial charge in [-0.25, -0.2) is 9.69 Å². The summed E-state index contributed by atoms with van der Waals surface area (Å²) in [7, 11) is 0. The lowest BCUT2D eigenvalue weighted by Gasteiger charge is -2.56. The van der Waals surface area contributed by atoms with E-state index in [1.165, 1.54) is 12.1 Å². The Morgan fingerprint density at radius 1 is 1.09 bits per heavy atom. The van der Waals surface area contributed by atoms with Crippen molar-refractivity contribution in [2.24, 2.45) is 5.41 Å². The Kier molecular flexibility index (Phi) is 5.17. The Hall–Kier alpha value is -3.79. The van der Waals surface area contributed by atoms with Crippen molar-refractivity contribution in [1.29, 1.82) is 0 Å². The molecule has 3 aliphatic rings. The van der Waals surface area contributed by atoms with E-state index in [2.05, 4.69) is 5.32 Å². The number of nitrogens with zero attached hydrogens (tertiary/aromatic N) is 3. The molecule has 2 saturated heterocycles. The highest BCUT2D eigenvalue weighted by atomic mass is 16.6. The number of non-ortho nitro benzene ring substituents is 1. The molecule has 182 valence electrons. The summed E-state index contributed by atoms with van der Waals surface area (Å²) in [5, 5.41) is 13.9. The molecule has 10 heteroatoms. The third-order valence-electron chi connectivity index (χ3n) is 7.12. The SMILES string of the molecule is Cc1cc(C)cc(N2C(=O)NC(=O)[C@]3(Cc4cc([N+](=O)[O-])ccc4N4C[C@H](C)O[C@@H](C)[C@@H]43)C2=O)c1. The van der Waals surface area contributed by atoms with Crippen LogP contribution in [0.25, 0.3) is 0 Å². The fraction of sp³-hybridized carbons (Fsp3) is 0.400. The van der Waals surface area contributed by atoms with Crippen LogP contribution in [0.2, 0.25) is 0 Å². The Balaban J connectivity index is 1.71. The average Bonchev–Trinajstić information content (AvgIpc) is 2.76. The summed E-state index contributed by atoms with van der Waals surface area (Å²) in [4.78, 5) is 54.8. The number of nitro groups is 1. The van der Waals surface area contributed by atoms with Gasteiger partial charge in [-0.05, 0) is 62.6 Å². The summed E-state index contributed by atoms with van der Waals surface area (Å²) in [5.41, 5.74) is 1.48. The summed E-state index contributed by atoms with van der Waals surface area (Å²) in [6.07, 6.45) is -0.809. The minimum Gasteiger partial charge on any atom is -0.372 e. The van der Waals surface area contributed by atoms with Crippen LogP contribution in [0.3, 0.4) is 0 Å². The molecule has 2 aromatic carbocycles. The molecule has 35 heavy (non-hydrogen) atoms. The summed E-state index contributed by atoms with van der Waals surface area (Å²) in [6.45, 7) is 7.82. The summed E-state index contributed by atoms with van der Waals surface area (Å²) < 4.78 is 6.08. The first-order valence-corrected chi connectivity index (χ1v) is 11.5. The van der Waals surface area contributed by atoms with Crippen molar-refractivity contribution in [1.82, 2.24) is 5.32 Å². The second-order valence-electron chi connectivity index (χ2n) is 9.71. The van der Waals surface area contributed by atoms with Gasteiger partial charge in [0.15, 0.2) is 5.41 Å². The third-order valence-corrected chi connectivity index (χ3v) is 7.12. The fourth-order valence-corrected chi connectivity index (χ4v) is 5.94. The third kappa shape index (κ3) is 3.39. The van der Waals surface area contributed by atoms with Crippen LogP contribution < -0.4 is 15.1 Å². The number of aryl methyl sites for hydroxylation is 2. The van der Waals surface area contributed by atoms with Crippen LogP contribution in [0.4, 0.5) is 21.9 Å². The number of hydrogen-bond acceptors (Lipinski definition) is 7. The van der Waals surface area contributed by atoms with Crippen LogP contribution in [0, 0.1) is 29.4 Å². The first-order chi connectivity index (χ1) is 16.5. The molecular weight excluding hydrogens is 452 g/mol. The minimum absolute atomic E-state index is 0.0908. The standard InChI is InChI=1S/C25H26N4O6/c1-13-7-14(2)9-19(8-13)28-23(31)25(22(30)26-24(28)32)11-17-10-18(29(33)34)5-6-20(17)27-12-15(3)35-16(4)21(25)27/h5-10,15-16,21H,11-12H2,1-4H3,(H,26,30,32)/t15-,16-,21+,25+/m0/s1. The number of ether oxygens (including phenoxy) is 1. The van der Waals surface area contributed by atoms with Gasteiger partial charge in [-0.15, -0.1) is 0 Å². The molecule has 0 unspecified atom stereocenters. The number of amides is 4. The first-order valence-electron chi connectivity index (χ1n) is 11.5. The predicted octanol–water partition coefficient (Wildman–Crippen LogP) is 3.02. The van der Waals surface area contributed by atoms with Crippen molar-refractivity contribution in [2.45, 2.75) is 52.4 Å². The zero-order valence-corrected chi connectivity index (χ0v) is 19.9. The van der Waals surface area contributed by atoms with Gasteiger partial charge in [0.1, 0.15) is 0 Å². The van der Waals surface area contributed by atoms with Crippen molar-refractivity contribution in [3.63, 3.8) is 0 Å². The Bertz CT molecular complexity index is 1270. The van der Waals surface area contributed by atoms with Crippen molar-refractivity contribution >= 4 is 34.9 Å². The highest BCUT2D eigenvalue weighted by molar-refractivity contribution is 6.30. The van der Waals surface area contributed by atoms with E-state index < -0.39 is 40.3 Å². The Labute approximate surface area is 202 Å². The molecule has 3 heterocycles. The molecule has 0 saturated carbocycles. The minimum atomic E-state index is -1.71. The quantitative estimate of drug-likeness (QED) is 0.400. The fourth-order valence-electron chi connectivity index (χ4n) is 5.94. The maximum absolute atomic E-state index is 14.3. The van der Waals surface area contributed by atoms with Crippen LogP contribution in [0.5, 0.6) is 0 Å². The second-order valence-corrected chi connectivity index (χ2v) is 9.71. The number of nitrogens with one attached hydrogen (secondary N) is 1. The van der Waals surface area contributed by atoms with Crippen LogP contribution in [0.15, 0.2) is 36.4 Å². The van der Waals surface area contributed by atoms with Crippen LogP contribution in [0.1, 0.15) is 30.5 Å². The van der Waals surface area contributed by atoms with Gasteiger partial charge in [-0.1, -0.05) is 6.07 Å². The molecular formula is C25H26N4O6. The molecule has 4 atom stereocenters. The van der Waals surface area contributed by atoms with Gasteiger partial charge in [-0.2, -0.15) is 0 Å². The van der Waals surface area contributed by atoms with E-state index in [1.807, 2.05) is 38.7 Å². The molecule has 0 radical (unpaired) electrons. The van der Waals surface area contributed by atoms with E-state index >= 15 is 0 Å². The molecule has 0 bridgehead atoms. The van der Waals surface area contributed by atoms with Crippen molar-refractivity contribution in [3.05, 3.63) is 63.2 Å². The van der Waals surface area contributed by atoms with Gasteiger partial charge in [0.2, 0.25) is 5.91 Å². The van der Waals surface area contributed by atoms with Gasteiger partial charge in [-0.3, -0.25) is 25.0 Å². The molecule has 4 amide bonds. The largest absolute Gasteiger partial charge is 0.372 e. The van der Waals surface area contributed by atoms with Crippen LogP contribution >= 0.6 is 0 Å². The van der Waals surface area contributed by atoms with Crippen molar-refractivity contribution in [2.75, 3.05) is 16.3 Å². The number of morpholine rings is 1. The van der Waals surface area contributed by atoms with Gasteiger partial charge >= 0.3 is 6.03 Å². The van der Waals surface area contributed by atoms with E-state index in [-0.39, 0.29) is 18.2 Å². The normalized spacial score (nSPS) is 28.0. The highest BCUT2D eigenvalue weighted by Gasteiger charge is 2.65. The van der Waals surface area contributed by atoms with Gasteiger partial charge in [0.25, 0.3) is 11.6 Å². The number of carbonyl (C=O) groups is 3. The number of carbonyl (C=O) groups excluding carboxylic acids is 3. The molecule has 1 N–H and O–H groups in total. The number of barbiturate groups is 1. The highest BCUT2D eigenvalue weighted by Crippen LogP contribution is 2.49. The Morgan fingerprint density at radius 3 is 2.43 bits per heavy atom. The number of fused-ring (bicyclic) bond motifs is 4. The number of anilines is 2. The topological polar surface area (TPSA) is 122 Å². The average molecular weight is 479 g/mol. The number of imide groups is 2. The van der Waals surface area contributed by atoms with Gasteiger partial charge in [0.05, 0.1) is 28.9 Å². The number of urea groups is 1. The number of nitro benzene ring substituents is 1. The summed E-state index contributed by atoms with van der Waals surface area (Å²) in [5.74, 6) is -1.38. The molecule has 0 aliphatic carbocycles. The van der Waals surface area contributed by atoms with Crippen molar-refractivity contribution in [3.8, 4) is 0 Å². The Morgan fingerprint density at radius 2 is 1.77 bits per heavy atom. The smallest absolute Gasteiger partial charge is 0.335 e. The lowest BCUT2D eigenvalue weighted by Crippen LogP contribution is -2.76. The van der Waals surface area contributed by atoms with E-state index in [9.17, 15) is 24.5 Å². The molecule has 2 aromatic rings. The van der Waals surface area contributed by atoms with Crippen LogP contribution in [-0.4, -0.2) is 47.6 Å². The lowest BCUT2D eigenvalue weighted by molar-refractivity contribution is -0.384.